The van der Waals surface area contributed by atoms with Crippen molar-refractivity contribution in [1.82, 2.24) is 0 Å². The van der Waals surface area contributed by atoms with E-state index >= 15 is 0 Å². The fourth-order valence-electron chi connectivity index (χ4n) is 0. The van der Waals surface area contributed by atoms with Gasteiger partial charge in [0, 0.05) is 37.7 Å². The molecule has 0 aromatic heterocycles. The molecule has 0 aromatic carbocycles. The molecule has 10 heteroatoms. The van der Waals surface area contributed by atoms with Crippen LogP contribution < -0.4 is 18.9 Å². The molecule has 0 amide bonds. The van der Waals surface area contributed by atoms with Crippen LogP contribution in [0.25, 0.3) is 0 Å². The first-order valence-electron chi connectivity index (χ1n) is 1.34. The van der Waals surface area contributed by atoms with Crippen molar-refractivity contribution in [2.45, 2.75) is 0 Å². The summed E-state index contributed by atoms with van der Waals surface area (Å²) in [5, 5.41) is 37.5. The van der Waals surface area contributed by atoms with Gasteiger partial charge in [-0.15, -0.1) is 0 Å². The molecule has 0 atom stereocenters. The minimum absolute atomic E-state index is 0. The van der Waals surface area contributed by atoms with Gasteiger partial charge in [-0.05, 0) is 0 Å². The van der Waals surface area contributed by atoms with Crippen molar-refractivity contribution in [3.8, 4) is 0 Å². The fourth-order valence-corrected chi connectivity index (χ4v) is 0. The van der Waals surface area contributed by atoms with Crippen LogP contribution in [0.1, 0.15) is 0 Å². The molecule has 65 valence electrons. The molecule has 16 heavy (non-hydrogen) atoms. The first kappa shape index (κ1) is 112. The van der Waals surface area contributed by atoms with Crippen LogP contribution in [0, 0.1) is 71.0 Å². The zero-order chi connectivity index (χ0) is 12.0. The second-order valence-corrected chi connectivity index (χ2v) is 0. The van der Waals surface area contributed by atoms with Gasteiger partial charge in [0.2, 0.25) is 0 Å². The third-order valence-corrected chi connectivity index (χ3v) is 0. The van der Waals surface area contributed by atoms with Gasteiger partial charge < -0.3 is 71.0 Å². The van der Waals surface area contributed by atoms with E-state index in [0.29, 0.717) is 0 Å². The monoisotopic (exact) mass is 233 g/mol. The van der Waals surface area contributed by atoms with E-state index in [1.165, 1.54) is 0 Å². The van der Waals surface area contributed by atoms with Gasteiger partial charge in [-0.3, -0.25) is 0 Å². The van der Waals surface area contributed by atoms with E-state index in [4.69, 9.17) is 71.0 Å². The Balaban J connectivity index is -0.00000000321. The second-order valence-electron chi connectivity index (χ2n) is 0. The number of hydrogen-bond acceptors (Lipinski definition) is 6. The first-order chi connectivity index (χ1) is 6.00. The van der Waals surface area contributed by atoms with E-state index < -0.39 is 0 Å². The Morgan fingerprint density at radius 1 is 0.375 bits per heavy atom. The summed E-state index contributed by atoms with van der Waals surface area (Å²) < 4.78 is 0. The molecule has 0 saturated heterocycles. The average molecular weight is 233 g/mol. The Morgan fingerprint density at radius 3 is 0.375 bits per heavy atom. The molecular weight excluding hydrogens is 233 g/mol. The smallest absolute Gasteiger partial charge is 0.512 e. The van der Waals surface area contributed by atoms with Crippen molar-refractivity contribution in [3.63, 3.8) is 0 Å². The van der Waals surface area contributed by atoms with Crippen LogP contribution >= 0.6 is 0 Å². The Bertz CT molecular complexity index is 103. The van der Waals surface area contributed by atoms with Crippen molar-refractivity contribution in [3.05, 3.63) is 39.4 Å². The van der Waals surface area contributed by atoms with E-state index in [9.17, 15) is 0 Å². The van der Waals surface area contributed by atoms with Crippen molar-refractivity contribution < 1.29 is 35.9 Å². The van der Waals surface area contributed by atoms with E-state index in [1.807, 2.05) is 0 Å². The quantitative estimate of drug-likeness (QED) is 0.318. The van der Waals surface area contributed by atoms with Gasteiger partial charge in [0.05, 0.1) is 0 Å². The van der Waals surface area contributed by atoms with Crippen molar-refractivity contribution in [2.75, 3.05) is 0 Å². The molecule has 3 radical (unpaired) electrons. The Hall–Kier alpha value is -0.748. The minimum Gasteiger partial charge on any atom is -0.512 e. The molecule has 0 aliphatic carbocycles. The molecule has 0 aliphatic heterocycles. The summed E-state index contributed by atoms with van der Waals surface area (Å²) >= 11 is 0. The van der Waals surface area contributed by atoms with E-state index in [1.54, 1.807) is 0 Å². The fraction of sp³-hybridized carbons (Fsp3) is 0. The molecule has 0 unspecified atom stereocenters. The van der Waals surface area contributed by atoms with Crippen LogP contribution in [0.4, 0.5) is 0 Å². The van der Waals surface area contributed by atoms with Crippen molar-refractivity contribution >= 4 is 37.7 Å². The summed E-state index contributed by atoms with van der Waals surface area (Å²) in [4.78, 5) is 0. The normalized spacial score (nSPS) is 0.750. The Labute approximate surface area is 143 Å². The molecule has 0 N–H and O–H groups in total. The van der Waals surface area contributed by atoms with Crippen LogP contribution in [0.3, 0.4) is 0 Å². The topological polar surface area (TPSA) is 143 Å². The second kappa shape index (κ2) is 4470. The molecular formula is C6FeLi3N6. The van der Waals surface area contributed by atoms with Crippen molar-refractivity contribution in [1.29, 1.82) is 31.6 Å². The van der Waals surface area contributed by atoms with Crippen LogP contribution in [-0.4, -0.2) is 37.7 Å². The van der Waals surface area contributed by atoms with Gasteiger partial charge in [0.1, 0.15) is 0 Å². The summed E-state index contributed by atoms with van der Waals surface area (Å²) in [6.07, 6.45) is 0. The van der Waals surface area contributed by atoms with Crippen molar-refractivity contribution in [2.24, 2.45) is 0 Å². The zero-order valence-electron chi connectivity index (χ0n) is 9.04. The van der Waals surface area contributed by atoms with Crippen LogP contribution in [0.2, 0.25) is 0 Å². The van der Waals surface area contributed by atoms with E-state index in [0.717, 1.165) is 0 Å². The molecule has 0 fully saturated rings. The molecule has 0 heterocycles. The summed E-state index contributed by atoms with van der Waals surface area (Å²) in [6.45, 7) is 28.5. The molecule has 0 rings (SSSR count). The van der Waals surface area contributed by atoms with Gasteiger partial charge >= 0.3 is 35.9 Å². The summed E-state index contributed by atoms with van der Waals surface area (Å²) in [5.41, 5.74) is 0. The Morgan fingerprint density at radius 2 is 0.375 bits per heavy atom. The standard InChI is InChI=1S/6CN.Fe.3Li/c6*1-2;;;;/q6*-1;+5;;;+1. The predicted octanol–water partition coefficient (Wildman–Crippen LogP) is -3.18. The van der Waals surface area contributed by atoms with Crippen LogP contribution in [-0.2, 0) is 17.1 Å². The average Bonchev–Trinajstić information content (AvgIpc) is 2.33. The van der Waals surface area contributed by atoms with Gasteiger partial charge in [-0.2, -0.15) is 0 Å². The minimum atomic E-state index is 0. The molecule has 0 saturated carbocycles. The van der Waals surface area contributed by atoms with E-state index in [2.05, 4.69) is 0 Å². The van der Waals surface area contributed by atoms with Gasteiger partial charge in [0.15, 0.2) is 0 Å². The molecule has 0 bridgehead atoms. The molecule has 0 aliphatic rings. The maximum absolute atomic E-state index is 6.25. The van der Waals surface area contributed by atoms with Gasteiger partial charge in [0.25, 0.3) is 0 Å². The third kappa shape index (κ3) is 3550. The maximum atomic E-state index is 6.25. The zero-order valence-corrected chi connectivity index (χ0v) is 10.1. The molecule has 6 nitrogen and oxygen atoms in total. The molecule has 0 aromatic rings. The van der Waals surface area contributed by atoms with Crippen LogP contribution in [0.5, 0.6) is 0 Å². The molecule has 0 spiro atoms. The number of rotatable bonds is 0. The summed E-state index contributed by atoms with van der Waals surface area (Å²) in [5.74, 6) is 0. The summed E-state index contributed by atoms with van der Waals surface area (Å²) in [7, 11) is 0. The Kier molecular flexibility index (Phi) is 31400. The largest absolute Gasteiger partial charge is 5.00 e. The van der Waals surface area contributed by atoms with Gasteiger partial charge in [-0.1, -0.05) is 0 Å². The first-order valence-corrected chi connectivity index (χ1v) is 1.34. The number of nitrogens with zero attached hydrogens (tertiary/aromatic N) is 6. The summed E-state index contributed by atoms with van der Waals surface area (Å²) in [6, 6.07) is 0. The van der Waals surface area contributed by atoms with E-state index in [-0.39, 0.29) is 73.7 Å². The third-order valence-electron chi connectivity index (χ3n) is 0. The number of hydrogen-bond donors (Lipinski definition) is 0. The van der Waals surface area contributed by atoms with Crippen LogP contribution in [0.15, 0.2) is 0 Å². The maximum Gasteiger partial charge on any atom is 5.00 e. The SMILES string of the molecule is [C-]#N.[C-]#N.[C-]#N.[C-]#N.[C-]#N.[C-]#N.[Fe+5].[Li+].[Li].[Li]. The van der Waals surface area contributed by atoms with Gasteiger partial charge in [-0.25, -0.2) is 0 Å². The predicted molar refractivity (Wildman–Crippen MR) is 41.3 cm³/mol.